The van der Waals surface area contributed by atoms with Crippen LogP contribution in [0.5, 0.6) is 11.5 Å². The normalized spacial score (nSPS) is 11.5. The van der Waals surface area contributed by atoms with E-state index >= 15 is 0 Å². The average molecular weight is 357 g/mol. The molecule has 0 unspecified atom stereocenters. The van der Waals surface area contributed by atoms with Crippen molar-refractivity contribution in [2.45, 2.75) is 4.21 Å². The zero-order valence-electron chi connectivity index (χ0n) is 11.7. The first-order valence-corrected chi connectivity index (χ1v) is 8.35. The number of nitrogens with one attached hydrogen (secondary N) is 1. The fourth-order valence-corrected chi connectivity index (χ4v) is 3.39. The molecule has 0 aliphatic heterocycles. The second-order valence-electron chi connectivity index (χ2n) is 4.13. The predicted octanol–water partition coefficient (Wildman–Crippen LogP) is 1.68. The number of aromatic hydroxyl groups is 1. The molecular formula is C12H11N3O6S2. The lowest BCUT2D eigenvalue weighted by Gasteiger charge is -2.05. The van der Waals surface area contributed by atoms with Gasteiger partial charge in [0.05, 0.1) is 18.2 Å². The first-order valence-electron chi connectivity index (χ1n) is 5.99. The van der Waals surface area contributed by atoms with Crippen LogP contribution >= 0.6 is 11.3 Å². The molecule has 0 radical (unpaired) electrons. The maximum absolute atomic E-state index is 11.8. The average Bonchev–Trinajstić information content (AvgIpc) is 3.03. The van der Waals surface area contributed by atoms with Gasteiger partial charge in [-0.2, -0.15) is 18.4 Å². The number of nitro groups is 1. The number of benzene rings is 1. The molecule has 0 fully saturated rings. The zero-order chi connectivity index (χ0) is 17.0. The molecule has 2 rings (SSSR count). The molecule has 0 saturated carbocycles. The van der Waals surface area contributed by atoms with E-state index in [9.17, 15) is 23.6 Å². The minimum Gasteiger partial charge on any atom is -0.500 e. The fourth-order valence-electron chi connectivity index (χ4n) is 1.61. The Balaban J connectivity index is 2.26. The van der Waals surface area contributed by atoms with Crippen LogP contribution in [0.1, 0.15) is 5.56 Å². The molecule has 0 aliphatic carbocycles. The number of methoxy groups -OCH3 is 1. The van der Waals surface area contributed by atoms with E-state index in [1.54, 1.807) is 11.4 Å². The summed E-state index contributed by atoms with van der Waals surface area (Å²) in [6, 6.07) is 5.32. The number of phenols is 1. The van der Waals surface area contributed by atoms with Gasteiger partial charge in [0.2, 0.25) is 5.75 Å². The Labute approximate surface area is 135 Å². The molecule has 1 aromatic heterocycles. The maximum Gasteiger partial charge on any atom is 0.315 e. The minimum absolute atomic E-state index is 0.0870. The predicted molar refractivity (Wildman–Crippen MR) is 83.5 cm³/mol. The van der Waals surface area contributed by atoms with Gasteiger partial charge in [0, 0.05) is 11.6 Å². The van der Waals surface area contributed by atoms with E-state index in [4.69, 9.17) is 4.74 Å². The molecule has 23 heavy (non-hydrogen) atoms. The molecule has 0 saturated heterocycles. The van der Waals surface area contributed by atoms with E-state index < -0.39 is 26.4 Å². The van der Waals surface area contributed by atoms with E-state index in [0.717, 1.165) is 23.6 Å². The quantitative estimate of drug-likeness (QED) is 0.459. The lowest BCUT2D eigenvalue weighted by molar-refractivity contribution is -0.386. The largest absolute Gasteiger partial charge is 0.500 e. The summed E-state index contributed by atoms with van der Waals surface area (Å²) in [6.07, 6.45) is 1.07. The first kappa shape index (κ1) is 16.7. The molecule has 0 amide bonds. The first-order chi connectivity index (χ1) is 10.8. The number of phenolic OH excluding ortho intramolecular Hbond substituents is 1. The van der Waals surface area contributed by atoms with Crippen molar-refractivity contribution in [2.24, 2.45) is 5.10 Å². The number of nitrogens with zero attached hydrogens (tertiary/aromatic N) is 2. The van der Waals surface area contributed by atoms with E-state index in [0.29, 0.717) is 0 Å². The van der Waals surface area contributed by atoms with Crippen LogP contribution in [-0.2, 0) is 10.0 Å². The van der Waals surface area contributed by atoms with Crippen LogP contribution in [0.3, 0.4) is 0 Å². The second kappa shape index (κ2) is 6.62. The summed E-state index contributed by atoms with van der Waals surface area (Å²) >= 11 is 1.02. The van der Waals surface area contributed by atoms with Crippen molar-refractivity contribution in [3.05, 3.63) is 45.3 Å². The molecule has 11 heteroatoms. The summed E-state index contributed by atoms with van der Waals surface area (Å²) in [6.45, 7) is 0. The van der Waals surface area contributed by atoms with Gasteiger partial charge >= 0.3 is 5.69 Å². The lowest BCUT2D eigenvalue weighted by atomic mass is 10.2. The van der Waals surface area contributed by atoms with Crippen molar-refractivity contribution < 1.29 is 23.2 Å². The third-order valence-corrected chi connectivity index (χ3v) is 5.26. The second-order valence-corrected chi connectivity index (χ2v) is 6.97. The number of hydrogen-bond acceptors (Lipinski definition) is 8. The Morgan fingerprint density at radius 3 is 2.78 bits per heavy atom. The molecule has 1 aromatic carbocycles. The number of hydrogen-bond donors (Lipinski definition) is 2. The molecule has 122 valence electrons. The van der Waals surface area contributed by atoms with Gasteiger partial charge in [0.15, 0.2) is 5.75 Å². The molecule has 0 aliphatic rings. The maximum atomic E-state index is 11.8. The van der Waals surface area contributed by atoms with Gasteiger partial charge in [-0.3, -0.25) is 10.1 Å². The van der Waals surface area contributed by atoms with Gasteiger partial charge < -0.3 is 9.84 Å². The number of sulfonamides is 1. The summed E-state index contributed by atoms with van der Waals surface area (Å²) in [4.78, 5) is 12.1. The number of ether oxygens (including phenoxy) is 1. The lowest BCUT2D eigenvalue weighted by Crippen LogP contribution is -2.17. The highest BCUT2D eigenvalue weighted by Gasteiger charge is 2.19. The molecular weight excluding hydrogens is 346 g/mol. The van der Waals surface area contributed by atoms with Crippen LogP contribution in [0.4, 0.5) is 5.69 Å². The summed E-state index contributed by atoms with van der Waals surface area (Å²) in [5.74, 6) is -0.740. The summed E-state index contributed by atoms with van der Waals surface area (Å²) in [5.41, 5.74) is -0.396. The third kappa shape index (κ3) is 3.76. The molecule has 0 bridgehead atoms. The van der Waals surface area contributed by atoms with E-state index in [1.165, 1.54) is 19.2 Å². The smallest absolute Gasteiger partial charge is 0.315 e. The zero-order valence-corrected chi connectivity index (χ0v) is 13.3. The highest BCUT2D eigenvalue weighted by molar-refractivity contribution is 7.91. The van der Waals surface area contributed by atoms with E-state index in [2.05, 4.69) is 5.10 Å². The topological polar surface area (TPSA) is 131 Å². The number of thiophene rings is 1. The summed E-state index contributed by atoms with van der Waals surface area (Å²) in [7, 11) is -2.55. The standard InChI is InChI=1S/C12H11N3O6S2/c1-21-10-6-8(5-9(12(10)16)15(17)18)7-13-14-23(19,20)11-3-2-4-22-11/h2-7,14,16H,1H3/b13-7+. The molecule has 1 heterocycles. The Kier molecular flexibility index (Phi) is 4.81. The summed E-state index contributed by atoms with van der Waals surface area (Å²) in [5, 5.41) is 25.7. The molecule has 0 spiro atoms. The Hall–Kier alpha value is -2.66. The van der Waals surface area contributed by atoms with Crippen LogP contribution in [-0.4, -0.2) is 31.8 Å². The molecule has 0 atom stereocenters. The van der Waals surface area contributed by atoms with Gasteiger partial charge in [-0.25, -0.2) is 0 Å². The van der Waals surface area contributed by atoms with Gasteiger partial charge in [0.1, 0.15) is 4.21 Å². The van der Waals surface area contributed by atoms with Gasteiger partial charge in [-0.05, 0) is 17.5 Å². The third-order valence-electron chi connectivity index (χ3n) is 2.64. The SMILES string of the molecule is COc1cc(/C=N/NS(=O)(=O)c2cccs2)cc([N+](=O)[O-])c1O. The van der Waals surface area contributed by atoms with Gasteiger partial charge in [-0.1, -0.05) is 6.07 Å². The van der Waals surface area contributed by atoms with Crippen molar-refractivity contribution in [3.8, 4) is 11.5 Å². The summed E-state index contributed by atoms with van der Waals surface area (Å²) < 4.78 is 28.6. The minimum atomic E-state index is -3.78. The Morgan fingerprint density at radius 1 is 1.48 bits per heavy atom. The van der Waals surface area contributed by atoms with Gasteiger partial charge in [0.25, 0.3) is 10.0 Å². The molecule has 9 nitrogen and oxygen atoms in total. The van der Waals surface area contributed by atoms with Crippen LogP contribution in [0.25, 0.3) is 0 Å². The van der Waals surface area contributed by atoms with Crippen molar-refractivity contribution in [2.75, 3.05) is 7.11 Å². The van der Waals surface area contributed by atoms with Crippen molar-refractivity contribution >= 4 is 33.3 Å². The Morgan fingerprint density at radius 2 is 2.22 bits per heavy atom. The fraction of sp³-hybridized carbons (Fsp3) is 0.0833. The van der Waals surface area contributed by atoms with Crippen LogP contribution < -0.4 is 9.57 Å². The highest BCUT2D eigenvalue weighted by atomic mass is 32.2. The number of nitro benzene ring substituents is 1. The molecule has 2 N–H and O–H groups in total. The van der Waals surface area contributed by atoms with Crippen molar-refractivity contribution in [1.82, 2.24) is 4.83 Å². The van der Waals surface area contributed by atoms with Crippen LogP contribution in [0, 0.1) is 10.1 Å². The van der Waals surface area contributed by atoms with Crippen molar-refractivity contribution in [3.63, 3.8) is 0 Å². The Bertz CT molecular complexity index is 846. The molecule has 2 aromatic rings. The monoisotopic (exact) mass is 357 g/mol. The number of rotatable bonds is 6. The van der Waals surface area contributed by atoms with Gasteiger partial charge in [-0.15, -0.1) is 11.3 Å². The van der Waals surface area contributed by atoms with Crippen molar-refractivity contribution in [1.29, 1.82) is 0 Å². The van der Waals surface area contributed by atoms with E-state index in [-0.39, 0.29) is 15.5 Å². The number of hydrazone groups is 1. The van der Waals surface area contributed by atoms with E-state index in [1.807, 2.05) is 4.83 Å². The van der Waals surface area contributed by atoms with Crippen LogP contribution in [0.2, 0.25) is 0 Å². The highest BCUT2D eigenvalue weighted by Crippen LogP contribution is 2.36. The van der Waals surface area contributed by atoms with Crippen LogP contribution in [0.15, 0.2) is 39.0 Å².